The summed E-state index contributed by atoms with van der Waals surface area (Å²) in [5.41, 5.74) is 8.14. The van der Waals surface area contributed by atoms with Crippen LogP contribution in [-0.4, -0.2) is 0 Å². The molecule has 3 aromatic carbocycles. The monoisotopic (exact) mass is 562 g/mol. The molecule has 0 saturated carbocycles. The number of aryl methyl sites for hydroxylation is 2. The first-order valence-electron chi connectivity index (χ1n) is 15.2. The molecule has 0 aliphatic carbocycles. The molecular formula is C38H42S2. The first kappa shape index (κ1) is 28.6. The standard InChI is InChI=1S/C38H42S2/c1-3-5-7-9-11-29-13-17-31(18-14-29)35-25-27-37(39-35)33-21-23-34(24-22-33)38-28-26-36(40-38)32-19-15-30(16-20-32)12-10-8-6-4-2/h13-28H,3-12H2,1-2H3. The van der Waals surface area contributed by atoms with Gasteiger partial charge in [-0.3, -0.25) is 0 Å². The molecule has 0 unspecified atom stereocenters. The smallest absolute Gasteiger partial charge is 0.0349 e. The molecule has 0 bridgehead atoms. The zero-order chi connectivity index (χ0) is 27.6. The fourth-order valence-corrected chi connectivity index (χ4v) is 7.31. The third-order valence-electron chi connectivity index (χ3n) is 7.78. The van der Waals surface area contributed by atoms with Crippen molar-refractivity contribution in [2.75, 3.05) is 0 Å². The Labute approximate surface area is 249 Å². The Morgan fingerprint density at radius 3 is 0.950 bits per heavy atom. The summed E-state index contributed by atoms with van der Waals surface area (Å²) < 4.78 is 0. The lowest BCUT2D eigenvalue weighted by Crippen LogP contribution is -1.85. The number of hydrogen-bond donors (Lipinski definition) is 0. The lowest BCUT2D eigenvalue weighted by Gasteiger charge is -2.04. The maximum absolute atomic E-state index is 2.31. The van der Waals surface area contributed by atoms with Crippen molar-refractivity contribution in [3.63, 3.8) is 0 Å². The largest absolute Gasteiger partial charge is 0.135 e. The maximum atomic E-state index is 2.31. The zero-order valence-corrected chi connectivity index (χ0v) is 25.8. The Bertz CT molecular complexity index is 1320. The number of thiophene rings is 2. The predicted molar refractivity (Wildman–Crippen MR) is 180 cm³/mol. The number of hydrogen-bond acceptors (Lipinski definition) is 2. The zero-order valence-electron chi connectivity index (χ0n) is 24.1. The lowest BCUT2D eigenvalue weighted by molar-refractivity contribution is 0.667. The minimum atomic E-state index is 1.19. The SMILES string of the molecule is CCCCCCc1ccc(-c2ccc(-c3ccc(-c4ccc(-c5ccc(CCCCCC)cc5)s4)cc3)s2)cc1. The Morgan fingerprint density at radius 2 is 0.650 bits per heavy atom. The van der Waals surface area contributed by atoms with Crippen molar-refractivity contribution >= 4 is 22.7 Å². The second kappa shape index (κ2) is 14.6. The van der Waals surface area contributed by atoms with Crippen molar-refractivity contribution < 1.29 is 0 Å². The van der Waals surface area contributed by atoms with Crippen LogP contribution in [0.5, 0.6) is 0 Å². The van der Waals surface area contributed by atoms with Crippen LogP contribution in [0, 0.1) is 0 Å². The third kappa shape index (κ3) is 7.62. The topological polar surface area (TPSA) is 0 Å². The Morgan fingerprint density at radius 1 is 0.350 bits per heavy atom. The second-order valence-electron chi connectivity index (χ2n) is 10.9. The predicted octanol–water partition coefficient (Wildman–Crippen LogP) is 12.7. The van der Waals surface area contributed by atoms with Crippen molar-refractivity contribution in [1.29, 1.82) is 0 Å². The summed E-state index contributed by atoms with van der Waals surface area (Å²) in [5.74, 6) is 0. The molecule has 0 aliphatic heterocycles. The van der Waals surface area contributed by atoms with Gasteiger partial charge in [-0.15, -0.1) is 22.7 Å². The summed E-state index contributed by atoms with van der Waals surface area (Å²) in [7, 11) is 0. The molecular weight excluding hydrogens is 521 g/mol. The number of unbranched alkanes of at least 4 members (excludes halogenated alkanes) is 6. The molecule has 2 heteroatoms. The van der Waals surface area contributed by atoms with Crippen LogP contribution in [0.1, 0.15) is 76.3 Å². The highest BCUT2D eigenvalue weighted by Crippen LogP contribution is 2.38. The summed E-state index contributed by atoms with van der Waals surface area (Å²) in [6.07, 6.45) is 12.9. The van der Waals surface area contributed by atoms with Crippen LogP contribution in [0.2, 0.25) is 0 Å². The maximum Gasteiger partial charge on any atom is 0.0349 e. The van der Waals surface area contributed by atoms with E-state index in [1.807, 2.05) is 22.7 Å². The highest BCUT2D eigenvalue weighted by Gasteiger charge is 2.09. The Kier molecular flexibility index (Phi) is 10.4. The van der Waals surface area contributed by atoms with Crippen LogP contribution in [0.25, 0.3) is 41.8 Å². The normalized spacial score (nSPS) is 11.2. The molecule has 2 aromatic heterocycles. The molecule has 5 aromatic rings. The van der Waals surface area contributed by atoms with Gasteiger partial charge in [0.2, 0.25) is 0 Å². The summed E-state index contributed by atoms with van der Waals surface area (Å²) in [6, 6.07) is 36.6. The van der Waals surface area contributed by atoms with Crippen LogP contribution in [0.15, 0.2) is 97.1 Å². The summed E-state index contributed by atoms with van der Waals surface area (Å²) >= 11 is 3.77. The van der Waals surface area contributed by atoms with Gasteiger partial charge in [0.1, 0.15) is 0 Å². The third-order valence-corrected chi connectivity index (χ3v) is 10.1. The van der Waals surface area contributed by atoms with Gasteiger partial charge in [0.25, 0.3) is 0 Å². The van der Waals surface area contributed by atoms with E-state index in [1.165, 1.54) is 117 Å². The average molecular weight is 563 g/mol. The average Bonchev–Trinajstić information content (AvgIpc) is 3.70. The quantitative estimate of drug-likeness (QED) is 0.118. The Balaban J connectivity index is 1.20. The molecule has 0 spiro atoms. The summed E-state index contributed by atoms with van der Waals surface area (Å²) in [4.78, 5) is 5.33. The number of rotatable bonds is 14. The van der Waals surface area contributed by atoms with E-state index >= 15 is 0 Å². The summed E-state index contributed by atoms with van der Waals surface area (Å²) in [5, 5.41) is 0. The van der Waals surface area contributed by atoms with Gasteiger partial charge in [-0.1, -0.05) is 125 Å². The second-order valence-corrected chi connectivity index (χ2v) is 13.1. The summed E-state index contributed by atoms with van der Waals surface area (Å²) in [6.45, 7) is 4.54. The van der Waals surface area contributed by atoms with Gasteiger partial charge in [-0.25, -0.2) is 0 Å². The van der Waals surface area contributed by atoms with Crippen LogP contribution >= 0.6 is 22.7 Å². The van der Waals surface area contributed by atoms with E-state index in [0.717, 1.165) is 0 Å². The van der Waals surface area contributed by atoms with Crippen LogP contribution in [0.4, 0.5) is 0 Å². The Hall–Kier alpha value is -2.94. The molecule has 0 saturated heterocycles. The molecule has 5 rings (SSSR count). The molecule has 206 valence electrons. The molecule has 40 heavy (non-hydrogen) atoms. The van der Waals surface area contributed by atoms with Gasteiger partial charge >= 0.3 is 0 Å². The van der Waals surface area contributed by atoms with E-state index in [0.29, 0.717) is 0 Å². The van der Waals surface area contributed by atoms with E-state index in [4.69, 9.17) is 0 Å². The highest BCUT2D eigenvalue weighted by atomic mass is 32.1. The van der Waals surface area contributed by atoms with E-state index in [1.54, 1.807) is 0 Å². The lowest BCUT2D eigenvalue weighted by atomic mass is 10.0. The molecule has 0 N–H and O–H groups in total. The molecule has 2 heterocycles. The van der Waals surface area contributed by atoms with Gasteiger partial charge in [0, 0.05) is 19.5 Å². The first-order chi connectivity index (χ1) is 19.7. The van der Waals surface area contributed by atoms with Gasteiger partial charge in [0.05, 0.1) is 0 Å². The first-order valence-corrected chi connectivity index (χ1v) is 16.9. The van der Waals surface area contributed by atoms with Crippen molar-refractivity contribution in [3.05, 3.63) is 108 Å². The molecule has 0 aliphatic rings. The highest BCUT2D eigenvalue weighted by molar-refractivity contribution is 7.19. The van der Waals surface area contributed by atoms with Gasteiger partial charge in [-0.05, 0) is 83.3 Å². The van der Waals surface area contributed by atoms with Gasteiger partial charge in [-0.2, -0.15) is 0 Å². The molecule has 0 atom stereocenters. The van der Waals surface area contributed by atoms with Crippen LogP contribution in [0.3, 0.4) is 0 Å². The van der Waals surface area contributed by atoms with Gasteiger partial charge < -0.3 is 0 Å². The van der Waals surface area contributed by atoms with Crippen molar-refractivity contribution in [1.82, 2.24) is 0 Å². The minimum Gasteiger partial charge on any atom is -0.135 e. The van der Waals surface area contributed by atoms with Crippen molar-refractivity contribution in [2.24, 2.45) is 0 Å². The number of benzene rings is 3. The van der Waals surface area contributed by atoms with E-state index in [-0.39, 0.29) is 0 Å². The fraction of sp³-hybridized carbons (Fsp3) is 0.316. The van der Waals surface area contributed by atoms with Crippen molar-refractivity contribution in [2.45, 2.75) is 78.1 Å². The van der Waals surface area contributed by atoms with E-state index in [9.17, 15) is 0 Å². The molecule has 0 radical (unpaired) electrons. The van der Waals surface area contributed by atoms with Gasteiger partial charge in [0.15, 0.2) is 0 Å². The molecule has 0 fully saturated rings. The van der Waals surface area contributed by atoms with E-state index < -0.39 is 0 Å². The fourth-order valence-electron chi connectivity index (χ4n) is 5.28. The molecule has 0 amide bonds. The van der Waals surface area contributed by atoms with Crippen LogP contribution < -0.4 is 0 Å². The molecule has 0 nitrogen and oxygen atoms in total. The van der Waals surface area contributed by atoms with Crippen molar-refractivity contribution in [3.8, 4) is 41.8 Å². The minimum absolute atomic E-state index is 1.19. The van der Waals surface area contributed by atoms with Crippen LogP contribution in [-0.2, 0) is 12.8 Å². The van der Waals surface area contributed by atoms with E-state index in [2.05, 4.69) is 111 Å².